The Morgan fingerprint density at radius 1 is 0.968 bits per heavy atom. The monoisotopic (exact) mass is 457 g/mol. The quantitative estimate of drug-likeness (QED) is 0.474. The first-order valence-corrected chi connectivity index (χ1v) is 12.5. The number of anilines is 1. The zero-order chi connectivity index (χ0) is 22.3. The van der Waals surface area contributed by atoms with Gasteiger partial charge in [0.1, 0.15) is 4.21 Å². The van der Waals surface area contributed by atoms with Gasteiger partial charge in [0.2, 0.25) is 0 Å². The lowest BCUT2D eigenvalue weighted by Crippen LogP contribution is -2.38. The van der Waals surface area contributed by atoms with Crippen molar-refractivity contribution in [2.24, 2.45) is 0 Å². The third-order valence-electron chi connectivity index (χ3n) is 5.05. The first-order chi connectivity index (χ1) is 14.9. The molecule has 1 unspecified atom stereocenters. The Kier molecular flexibility index (Phi) is 7.84. The van der Waals surface area contributed by atoms with E-state index in [0.29, 0.717) is 17.8 Å². The molecule has 0 saturated heterocycles. The van der Waals surface area contributed by atoms with Gasteiger partial charge in [-0.05, 0) is 54.4 Å². The molecular weight excluding hydrogens is 430 g/mol. The van der Waals surface area contributed by atoms with Crippen LogP contribution in [0.25, 0.3) is 0 Å². The maximum atomic E-state index is 12.7. The molecule has 1 heterocycles. The molecule has 164 valence electrons. The molecular formula is C23H27N3O3S2. The molecule has 0 aliphatic heterocycles. The summed E-state index contributed by atoms with van der Waals surface area (Å²) in [5.74, 6) is -0.194. The number of hydrogen-bond donors (Lipinski definition) is 2. The zero-order valence-corrected chi connectivity index (χ0v) is 19.2. The summed E-state index contributed by atoms with van der Waals surface area (Å²) >= 11 is 1.15. The van der Waals surface area contributed by atoms with Crippen molar-refractivity contribution in [3.8, 4) is 0 Å². The van der Waals surface area contributed by atoms with E-state index in [2.05, 4.69) is 40.9 Å². The predicted octanol–water partition coefficient (Wildman–Crippen LogP) is 4.36. The first kappa shape index (κ1) is 23.0. The fraction of sp³-hybridized carbons (Fsp3) is 0.261. The molecule has 0 aliphatic rings. The van der Waals surface area contributed by atoms with Gasteiger partial charge < -0.3 is 5.32 Å². The van der Waals surface area contributed by atoms with Crippen molar-refractivity contribution >= 4 is 33.0 Å². The van der Waals surface area contributed by atoms with Gasteiger partial charge in [-0.25, -0.2) is 8.42 Å². The van der Waals surface area contributed by atoms with Crippen LogP contribution in [0, 0.1) is 0 Å². The minimum absolute atomic E-state index is 0.0806. The molecule has 1 amide bonds. The maximum Gasteiger partial charge on any atom is 0.271 e. The van der Waals surface area contributed by atoms with Crippen LogP contribution in [0.2, 0.25) is 0 Å². The molecule has 0 bridgehead atoms. The summed E-state index contributed by atoms with van der Waals surface area (Å²) in [5.41, 5.74) is 2.05. The summed E-state index contributed by atoms with van der Waals surface area (Å²) in [4.78, 5) is 15.0. The Hall–Kier alpha value is -2.68. The summed E-state index contributed by atoms with van der Waals surface area (Å²) in [6.07, 6.45) is 0. The molecule has 3 aromatic rings. The molecule has 31 heavy (non-hydrogen) atoms. The number of amides is 1. The summed E-state index contributed by atoms with van der Waals surface area (Å²) in [6.45, 7) is 6.46. The van der Waals surface area contributed by atoms with Crippen molar-refractivity contribution < 1.29 is 13.2 Å². The van der Waals surface area contributed by atoms with E-state index in [4.69, 9.17) is 0 Å². The molecule has 2 N–H and O–H groups in total. The molecule has 0 spiro atoms. The average molecular weight is 458 g/mol. The molecule has 1 aromatic heterocycles. The lowest BCUT2D eigenvalue weighted by atomic mass is 10.0. The van der Waals surface area contributed by atoms with Gasteiger partial charge in [0, 0.05) is 17.8 Å². The number of benzene rings is 2. The maximum absolute atomic E-state index is 12.7. The van der Waals surface area contributed by atoms with E-state index in [1.165, 1.54) is 0 Å². The lowest BCUT2D eigenvalue weighted by molar-refractivity contribution is 0.0935. The van der Waals surface area contributed by atoms with Crippen molar-refractivity contribution in [3.05, 3.63) is 83.2 Å². The second kappa shape index (κ2) is 10.6. The number of carbonyl (C=O) groups is 1. The number of carbonyl (C=O) groups excluding carboxylic acids is 1. The van der Waals surface area contributed by atoms with Crippen LogP contribution in [0.3, 0.4) is 0 Å². The largest absolute Gasteiger partial charge is 0.350 e. The second-order valence-corrected chi connectivity index (χ2v) is 9.83. The third-order valence-corrected chi connectivity index (χ3v) is 7.83. The standard InChI is InChI=1S/C23H27N3O3S2/c1-3-26(4-2)21(18-9-6-5-7-10-18)17-24-23(27)19-12-14-20(15-13-19)25-31(28,29)22-11-8-16-30-22/h5-16,21,25H,3-4,17H2,1-2H3,(H,24,27). The summed E-state index contributed by atoms with van der Waals surface area (Å²) in [5, 5.41) is 4.73. The molecule has 1 atom stereocenters. The van der Waals surface area contributed by atoms with Gasteiger partial charge >= 0.3 is 0 Å². The van der Waals surface area contributed by atoms with Crippen LogP contribution in [-0.4, -0.2) is 38.9 Å². The van der Waals surface area contributed by atoms with Crippen LogP contribution in [0.1, 0.15) is 35.8 Å². The normalized spacial score (nSPS) is 12.5. The highest BCUT2D eigenvalue weighted by Gasteiger charge is 2.19. The van der Waals surface area contributed by atoms with E-state index < -0.39 is 10.0 Å². The number of nitrogens with one attached hydrogen (secondary N) is 2. The van der Waals surface area contributed by atoms with Crippen molar-refractivity contribution in [1.29, 1.82) is 0 Å². The highest BCUT2D eigenvalue weighted by Crippen LogP contribution is 2.21. The fourth-order valence-electron chi connectivity index (χ4n) is 3.40. The topological polar surface area (TPSA) is 78.5 Å². The van der Waals surface area contributed by atoms with E-state index in [0.717, 1.165) is 30.0 Å². The molecule has 6 nitrogen and oxygen atoms in total. The van der Waals surface area contributed by atoms with Gasteiger partial charge in [-0.1, -0.05) is 50.2 Å². The molecule has 0 aliphatic carbocycles. The fourth-order valence-corrected chi connectivity index (χ4v) is 5.45. The number of likely N-dealkylation sites (N-methyl/N-ethyl adjacent to an activating group) is 1. The first-order valence-electron chi connectivity index (χ1n) is 10.2. The minimum Gasteiger partial charge on any atom is -0.350 e. The Labute approximate surface area is 188 Å². The van der Waals surface area contributed by atoms with E-state index in [9.17, 15) is 13.2 Å². The van der Waals surface area contributed by atoms with Crippen LogP contribution >= 0.6 is 11.3 Å². The summed E-state index contributed by atoms with van der Waals surface area (Å²) in [6, 6.07) is 19.9. The van der Waals surface area contributed by atoms with E-state index in [1.807, 2.05) is 18.2 Å². The Balaban J connectivity index is 1.66. The van der Waals surface area contributed by atoms with Crippen LogP contribution in [0.4, 0.5) is 5.69 Å². The summed E-state index contributed by atoms with van der Waals surface area (Å²) in [7, 11) is -3.61. The Morgan fingerprint density at radius 2 is 1.65 bits per heavy atom. The second-order valence-electron chi connectivity index (χ2n) is 6.97. The van der Waals surface area contributed by atoms with Gasteiger partial charge in [-0.2, -0.15) is 0 Å². The smallest absolute Gasteiger partial charge is 0.271 e. The zero-order valence-electron chi connectivity index (χ0n) is 17.6. The molecule has 0 fully saturated rings. The Bertz CT molecular complexity index is 1060. The Morgan fingerprint density at radius 3 is 2.23 bits per heavy atom. The average Bonchev–Trinajstić information content (AvgIpc) is 3.33. The molecule has 0 saturated carbocycles. The van der Waals surface area contributed by atoms with E-state index in [1.54, 1.807) is 41.8 Å². The van der Waals surface area contributed by atoms with E-state index in [-0.39, 0.29) is 16.2 Å². The highest BCUT2D eigenvalue weighted by atomic mass is 32.2. The minimum atomic E-state index is -3.61. The van der Waals surface area contributed by atoms with Crippen molar-refractivity contribution in [3.63, 3.8) is 0 Å². The van der Waals surface area contributed by atoms with Gasteiger partial charge in [0.15, 0.2) is 0 Å². The number of rotatable bonds is 10. The molecule has 3 rings (SSSR count). The number of nitrogens with zero attached hydrogens (tertiary/aromatic N) is 1. The van der Waals surface area contributed by atoms with Gasteiger partial charge in [0.25, 0.3) is 15.9 Å². The SMILES string of the molecule is CCN(CC)C(CNC(=O)c1ccc(NS(=O)(=O)c2cccs2)cc1)c1ccccc1. The van der Waals surface area contributed by atoms with Crippen LogP contribution in [-0.2, 0) is 10.0 Å². The predicted molar refractivity (Wildman–Crippen MR) is 126 cm³/mol. The van der Waals surface area contributed by atoms with Crippen LogP contribution < -0.4 is 10.0 Å². The van der Waals surface area contributed by atoms with Crippen LogP contribution in [0.5, 0.6) is 0 Å². The number of sulfonamides is 1. The highest BCUT2D eigenvalue weighted by molar-refractivity contribution is 7.94. The third kappa shape index (κ3) is 5.94. The lowest BCUT2D eigenvalue weighted by Gasteiger charge is -2.30. The van der Waals surface area contributed by atoms with Gasteiger partial charge in [-0.3, -0.25) is 14.4 Å². The van der Waals surface area contributed by atoms with Crippen molar-refractivity contribution in [2.75, 3.05) is 24.4 Å². The number of hydrogen-bond acceptors (Lipinski definition) is 5. The molecule has 8 heteroatoms. The van der Waals surface area contributed by atoms with Gasteiger partial charge in [0.05, 0.1) is 6.04 Å². The molecule has 2 aromatic carbocycles. The van der Waals surface area contributed by atoms with Crippen molar-refractivity contribution in [2.45, 2.75) is 24.1 Å². The van der Waals surface area contributed by atoms with Crippen LogP contribution in [0.15, 0.2) is 76.3 Å². The van der Waals surface area contributed by atoms with E-state index >= 15 is 0 Å². The number of thiophene rings is 1. The van der Waals surface area contributed by atoms with Gasteiger partial charge in [-0.15, -0.1) is 11.3 Å². The molecule has 0 radical (unpaired) electrons. The summed E-state index contributed by atoms with van der Waals surface area (Å²) < 4.78 is 27.4. The van der Waals surface area contributed by atoms with Crippen molar-refractivity contribution in [1.82, 2.24) is 10.2 Å².